The summed E-state index contributed by atoms with van der Waals surface area (Å²) in [4.78, 5) is 0. The highest BCUT2D eigenvalue weighted by Crippen LogP contribution is 2.41. The van der Waals surface area contributed by atoms with Crippen LogP contribution in [0, 0.1) is 11.8 Å². The van der Waals surface area contributed by atoms with Crippen molar-refractivity contribution in [3.8, 4) is 0 Å². The molecule has 32 heteroatoms. The summed E-state index contributed by atoms with van der Waals surface area (Å²) in [6.45, 7) is 22.1. The smallest absolute Gasteiger partial charge is 0.132 e. The van der Waals surface area contributed by atoms with Crippen LogP contribution >= 0.6 is 0 Å². The average Bonchev–Trinajstić information content (AvgIpc) is 1.61. The van der Waals surface area contributed by atoms with Gasteiger partial charge in [-0.05, 0) is 178 Å². The Morgan fingerprint density at radius 3 is 0.810 bits per heavy atom. The molecular weight excluding hydrogens is 1500 g/mol. The molecule has 10 aliphatic rings. The lowest BCUT2D eigenvalue weighted by atomic mass is 10.0. The Kier molecular flexibility index (Phi) is 41.4. The number of benzene rings is 2. The molecule has 28 atom stereocenters. The lowest BCUT2D eigenvalue weighted by Crippen LogP contribution is -2.37. The van der Waals surface area contributed by atoms with Gasteiger partial charge in [0.2, 0.25) is 0 Å². The van der Waals surface area contributed by atoms with Crippen LogP contribution in [0.4, 0.5) is 0 Å². The third-order valence-corrected chi connectivity index (χ3v) is 22.3. The molecule has 0 bridgehead atoms. The summed E-state index contributed by atoms with van der Waals surface area (Å²) in [5, 5.41) is 0. The summed E-state index contributed by atoms with van der Waals surface area (Å²) in [5.41, 5.74) is 58.6. The van der Waals surface area contributed by atoms with Crippen molar-refractivity contribution in [1.82, 2.24) is 0 Å². The van der Waals surface area contributed by atoms with Gasteiger partial charge in [-0.1, -0.05) is 74.5 Å². The van der Waals surface area contributed by atoms with Crippen molar-refractivity contribution >= 4 is 0 Å². The van der Waals surface area contributed by atoms with E-state index in [0.29, 0.717) is 183 Å². The molecule has 10 saturated heterocycles. The topological polar surface area (TPSA) is 471 Å². The zero-order valence-electron chi connectivity index (χ0n) is 68.8. The molecule has 32 nitrogen and oxygen atoms in total. The van der Waals surface area contributed by atoms with Crippen molar-refractivity contribution in [2.75, 3.05) is 158 Å². The minimum Gasteiger partial charge on any atom is -0.467 e. The summed E-state index contributed by atoms with van der Waals surface area (Å²) in [6.07, 6.45) is 7.87. The van der Waals surface area contributed by atoms with Gasteiger partial charge in [0.15, 0.2) is 0 Å². The Labute approximate surface area is 685 Å². The van der Waals surface area contributed by atoms with Crippen molar-refractivity contribution in [3.63, 3.8) is 0 Å². The number of ether oxygens (including phenoxy) is 20. The molecule has 14 rings (SSSR count). The van der Waals surface area contributed by atoms with Gasteiger partial charge < -0.3 is 161 Å². The summed E-state index contributed by atoms with van der Waals surface area (Å²) in [7, 11) is 0. The van der Waals surface area contributed by atoms with Gasteiger partial charge in [-0.2, -0.15) is 0 Å². The Balaban J connectivity index is 0.000000155. The van der Waals surface area contributed by atoms with E-state index in [4.69, 9.17) is 161 Å². The third kappa shape index (κ3) is 27.4. The number of rotatable bonds is 44. The SMILES string of the molecule is CC(CCN)O[C@H]1COC2C1OC[C@@H]2OC(C)CCN.CC(CN)CO[C@H]1COC2C1OC[C@@H]2OCC(C)CN.NCCC(O[C@H]1COC2C1OC[C@@H]2OC(CCN)c1ccccc1)c1ccccc1.NCCC(O[C@H]1COC2C1OC[C@@H]2OC(CCN)c1ccco1)c1ccco1.NCCCO[C@H]1COC2C1OC[C@@H]2OCCCN. The van der Waals surface area contributed by atoms with Crippen LogP contribution in [0.5, 0.6) is 0 Å². The maximum Gasteiger partial charge on any atom is 0.132 e. The number of furan rings is 2. The van der Waals surface area contributed by atoms with E-state index in [1.807, 2.05) is 74.5 Å². The normalized spacial score (nSPS) is 32.0. The van der Waals surface area contributed by atoms with E-state index in [0.717, 1.165) is 61.2 Å². The van der Waals surface area contributed by atoms with Crippen LogP contribution in [0.25, 0.3) is 0 Å². The van der Waals surface area contributed by atoms with Crippen molar-refractivity contribution in [1.29, 1.82) is 0 Å². The first-order chi connectivity index (χ1) is 56.8. The van der Waals surface area contributed by atoms with E-state index in [1.165, 1.54) is 0 Å². The fourth-order valence-electron chi connectivity index (χ4n) is 15.9. The summed E-state index contributed by atoms with van der Waals surface area (Å²) < 4.78 is 130. The van der Waals surface area contributed by atoms with Crippen molar-refractivity contribution in [2.24, 2.45) is 69.2 Å². The Morgan fingerprint density at radius 2 is 0.543 bits per heavy atom. The molecular formula is C84H140N10O22. The Bertz CT molecular complexity index is 2980. The number of hydrogen-bond donors (Lipinski definition) is 10. The number of hydrogen-bond acceptors (Lipinski definition) is 32. The van der Waals surface area contributed by atoms with E-state index in [1.54, 1.807) is 12.5 Å². The molecule has 2 aromatic carbocycles. The van der Waals surface area contributed by atoms with E-state index >= 15 is 0 Å². The zero-order valence-corrected chi connectivity index (χ0v) is 68.8. The van der Waals surface area contributed by atoms with E-state index in [2.05, 4.69) is 38.1 Å². The maximum absolute atomic E-state index is 6.43. The minimum absolute atomic E-state index is 0.00506. The molecule has 18 unspecified atom stereocenters. The zero-order chi connectivity index (χ0) is 82.0. The maximum atomic E-state index is 6.43. The summed E-state index contributed by atoms with van der Waals surface area (Å²) in [6, 6.07) is 27.9. The predicted octanol–water partition coefficient (Wildman–Crippen LogP) is 3.68. The van der Waals surface area contributed by atoms with Crippen LogP contribution < -0.4 is 57.3 Å². The highest BCUT2D eigenvalue weighted by atomic mass is 16.7. The van der Waals surface area contributed by atoms with Crippen LogP contribution in [0.1, 0.15) is 126 Å². The van der Waals surface area contributed by atoms with Gasteiger partial charge in [-0.25, -0.2) is 0 Å². The van der Waals surface area contributed by atoms with Gasteiger partial charge in [-0.3, -0.25) is 0 Å². The molecule has 0 amide bonds. The first-order valence-electron chi connectivity index (χ1n) is 42.5. The molecule has 0 aliphatic carbocycles. The van der Waals surface area contributed by atoms with Crippen LogP contribution in [-0.4, -0.2) is 292 Å². The van der Waals surface area contributed by atoms with Crippen LogP contribution in [0.2, 0.25) is 0 Å². The fraction of sp³-hybridized carbons (Fsp3) is 0.762. The van der Waals surface area contributed by atoms with Crippen LogP contribution in [0.15, 0.2) is 106 Å². The quantitative estimate of drug-likeness (QED) is 0.0282. The van der Waals surface area contributed by atoms with E-state index < -0.39 is 0 Å². The summed E-state index contributed by atoms with van der Waals surface area (Å²) >= 11 is 0. The first-order valence-corrected chi connectivity index (χ1v) is 42.5. The average molecular weight is 1640 g/mol. The first kappa shape index (κ1) is 94.1. The van der Waals surface area contributed by atoms with Crippen LogP contribution in [0.3, 0.4) is 0 Å². The molecule has 116 heavy (non-hydrogen) atoms. The molecule has 0 spiro atoms. The van der Waals surface area contributed by atoms with Gasteiger partial charge in [0, 0.05) is 13.2 Å². The second kappa shape index (κ2) is 51.0. The predicted molar refractivity (Wildman–Crippen MR) is 432 cm³/mol. The monoisotopic (exact) mass is 1640 g/mol. The van der Waals surface area contributed by atoms with Gasteiger partial charge in [0.05, 0.1) is 116 Å². The standard InChI is InChI=1S/C24H32N2O4.C20H28N2O6.2C14H28N2O4.C12H24N2O4/c25-13-11-19(17-7-3-1-4-8-17)29-21-15-27-24-22(16-28-23(21)24)30-20(12-14-26)18-9-5-2-6-10-18;21-7-5-15(13-3-1-9-23-13)27-17-11-25-20-18(12-26-19(17)20)28-16(6-8-22)14-4-2-10-24-14;1-9(3-15)5-17-11-7-19-14-12(8-20-13(11)14)18-6-10(2)4-16;1-9(3-5-15)19-11-7-17-14-12(8-18-13(11)14)20-10(2)4-6-16;13-3-1-5-15-9-7-17-12-10(8-18-11(9)12)16-6-2-4-14/h1-10,19-24H,11-16,25-26H2;1-4,9-10,15-20H,5-8,11-12,21-22H2;2*9-14H,3-8,15-16H2,1-2H3;9-12H,1-8,13-14H2/t19?,20?,21-,22-,23?,24?;15?,16?,17-,18-,19?,20?;2*9?,10?,11-,12-,13?,14?;9-,10-,11?,12?/m00000/s1. The number of fused-ring (bicyclic) bond motifs is 5. The number of nitrogens with two attached hydrogens (primary N) is 10. The minimum atomic E-state index is -0.218. The van der Waals surface area contributed by atoms with Gasteiger partial charge in [0.25, 0.3) is 0 Å². The molecule has 0 radical (unpaired) electrons. The summed E-state index contributed by atoms with van der Waals surface area (Å²) in [5.74, 6) is 2.24. The highest BCUT2D eigenvalue weighted by Gasteiger charge is 2.54. The lowest BCUT2D eigenvalue weighted by molar-refractivity contribution is -0.0955. The van der Waals surface area contributed by atoms with Crippen molar-refractivity contribution in [2.45, 2.75) is 238 Å². The van der Waals surface area contributed by atoms with Crippen molar-refractivity contribution in [3.05, 3.63) is 120 Å². The lowest BCUT2D eigenvalue weighted by Gasteiger charge is -2.25. The molecule has 0 saturated carbocycles. The molecule has 10 fully saturated rings. The molecule has 20 N–H and O–H groups in total. The largest absolute Gasteiger partial charge is 0.467 e. The third-order valence-electron chi connectivity index (χ3n) is 22.3. The van der Waals surface area contributed by atoms with Gasteiger partial charge >= 0.3 is 0 Å². The molecule has 12 heterocycles. The van der Waals surface area contributed by atoms with E-state index in [9.17, 15) is 0 Å². The Morgan fingerprint density at radius 1 is 0.284 bits per heavy atom. The molecule has 4 aromatic rings. The van der Waals surface area contributed by atoms with E-state index in [-0.39, 0.29) is 159 Å². The van der Waals surface area contributed by atoms with Gasteiger partial charge in [0.1, 0.15) is 146 Å². The second-order valence-electron chi connectivity index (χ2n) is 31.4. The van der Waals surface area contributed by atoms with Crippen molar-refractivity contribution < 1.29 is 104 Å². The Hall–Kier alpha value is -4.20. The molecule has 2 aromatic heterocycles. The fourth-order valence-corrected chi connectivity index (χ4v) is 15.9. The van der Waals surface area contributed by atoms with Crippen LogP contribution in [-0.2, 0) is 94.7 Å². The highest BCUT2D eigenvalue weighted by molar-refractivity contribution is 5.20. The second-order valence-corrected chi connectivity index (χ2v) is 31.4. The molecule has 10 aliphatic heterocycles. The molecule has 658 valence electrons. The van der Waals surface area contributed by atoms with Gasteiger partial charge in [-0.15, -0.1) is 0 Å².